The van der Waals surface area contributed by atoms with Crippen LogP contribution in [0.5, 0.6) is 0 Å². The van der Waals surface area contributed by atoms with Gasteiger partial charge >= 0.3 is 0 Å². The summed E-state index contributed by atoms with van der Waals surface area (Å²) in [7, 11) is 0. The fraction of sp³-hybridized carbons (Fsp3) is 0.625. The summed E-state index contributed by atoms with van der Waals surface area (Å²) >= 11 is 6.04. The van der Waals surface area contributed by atoms with Crippen LogP contribution in [0.15, 0.2) is 24.3 Å². The average Bonchev–Trinajstić information content (AvgIpc) is 2.29. The predicted molar refractivity (Wildman–Crippen MR) is 81.3 cm³/mol. The molecule has 0 aliphatic carbocycles. The lowest BCUT2D eigenvalue weighted by Gasteiger charge is -2.22. The zero-order valence-corrected chi connectivity index (χ0v) is 12.6. The molecule has 0 aliphatic heterocycles. The molecule has 1 rings (SSSR count). The van der Waals surface area contributed by atoms with E-state index in [0.29, 0.717) is 6.04 Å². The summed E-state index contributed by atoms with van der Waals surface area (Å²) in [4.78, 5) is 0. The lowest BCUT2D eigenvalue weighted by atomic mass is 9.93. The Balaban J connectivity index is 2.56. The summed E-state index contributed by atoms with van der Waals surface area (Å²) in [5, 5.41) is 4.43. The van der Waals surface area contributed by atoms with E-state index < -0.39 is 0 Å². The number of hydrogen-bond donors (Lipinski definition) is 1. The molecule has 0 heterocycles. The second-order valence-electron chi connectivity index (χ2n) is 5.22. The highest BCUT2D eigenvalue weighted by Crippen LogP contribution is 2.17. The highest BCUT2D eigenvalue weighted by molar-refractivity contribution is 6.30. The zero-order chi connectivity index (χ0) is 13.4. The van der Waals surface area contributed by atoms with Gasteiger partial charge in [0, 0.05) is 11.1 Å². The lowest BCUT2D eigenvalue weighted by molar-refractivity contribution is 0.385. The van der Waals surface area contributed by atoms with Crippen molar-refractivity contribution in [3.05, 3.63) is 34.9 Å². The molecule has 1 nitrogen and oxygen atoms in total. The maximum atomic E-state index is 6.04. The Morgan fingerprint density at radius 1 is 1.28 bits per heavy atom. The van der Waals surface area contributed by atoms with Crippen LogP contribution in [-0.4, -0.2) is 12.6 Å². The van der Waals surface area contributed by atoms with Gasteiger partial charge in [-0.1, -0.05) is 57.3 Å². The highest BCUT2D eigenvalue weighted by Gasteiger charge is 2.12. The molecule has 0 fully saturated rings. The Labute approximate surface area is 117 Å². The largest absolute Gasteiger partial charge is 0.314 e. The summed E-state index contributed by atoms with van der Waals surface area (Å²) in [6.07, 6.45) is 4.91. The summed E-state index contributed by atoms with van der Waals surface area (Å²) in [5.74, 6) is 0.790. The number of rotatable bonds is 8. The van der Waals surface area contributed by atoms with Crippen LogP contribution < -0.4 is 5.32 Å². The SMILES string of the molecule is CCCC(C)CC(Cc1cccc(Cl)c1)NCC. The molecule has 1 N–H and O–H groups in total. The number of halogens is 1. The van der Waals surface area contributed by atoms with Crippen molar-refractivity contribution in [2.75, 3.05) is 6.54 Å². The fourth-order valence-corrected chi connectivity index (χ4v) is 2.79. The number of likely N-dealkylation sites (N-methyl/N-ethyl adjacent to an activating group) is 1. The van der Waals surface area contributed by atoms with Crippen LogP contribution in [0.2, 0.25) is 5.02 Å². The molecule has 2 unspecified atom stereocenters. The Bertz CT molecular complexity index is 338. The standard InChI is InChI=1S/C16H26ClN/c1-4-7-13(3)10-16(18-5-2)12-14-8-6-9-15(17)11-14/h6,8-9,11,13,16,18H,4-5,7,10,12H2,1-3H3. The smallest absolute Gasteiger partial charge is 0.0408 e. The van der Waals surface area contributed by atoms with Crippen LogP contribution in [-0.2, 0) is 6.42 Å². The normalized spacial score (nSPS) is 14.4. The number of nitrogens with one attached hydrogen (secondary N) is 1. The molecule has 0 radical (unpaired) electrons. The third-order valence-electron chi connectivity index (χ3n) is 3.33. The van der Waals surface area contributed by atoms with Crippen molar-refractivity contribution in [2.24, 2.45) is 5.92 Å². The van der Waals surface area contributed by atoms with Crippen molar-refractivity contribution >= 4 is 11.6 Å². The van der Waals surface area contributed by atoms with Crippen LogP contribution in [0, 0.1) is 5.92 Å². The molecule has 0 bridgehead atoms. The summed E-state index contributed by atoms with van der Waals surface area (Å²) in [6, 6.07) is 8.79. The Morgan fingerprint density at radius 3 is 2.67 bits per heavy atom. The molecule has 1 aromatic carbocycles. The van der Waals surface area contributed by atoms with Gasteiger partial charge in [0.15, 0.2) is 0 Å². The van der Waals surface area contributed by atoms with Crippen molar-refractivity contribution in [1.82, 2.24) is 5.32 Å². The van der Waals surface area contributed by atoms with E-state index in [-0.39, 0.29) is 0 Å². The zero-order valence-electron chi connectivity index (χ0n) is 11.9. The number of benzene rings is 1. The van der Waals surface area contributed by atoms with E-state index in [1.54, 1.807) is 0 Å². The van der Waals surface area contributed by atoms with Gasteiger partial charge in [0.1, 0.15) is 0 Å². The van der Waals surface area contributed by atoms with Crippen molar-refractivity contribution in [2.45, 2.75) is 52.5 Å². The van der Waals surface area contributed by atoms with Gasteiger partial charge in [-0.15, -0.1) is 0 Å². The second kappa shape index (κ2) is 8.55. The first kappa shape index (κ1) is 15.5. The van der Waals surface area contributed by atoms with E-state index in [2.05, 4.69) is 38.2 Å². The molecule has 0 aliphatic rings. The van der Waals surface area contributed by atoms with E-state index >= 15 is 0 Å². The van der Waals surface area contributed by atoms with Crippen molar-refractivity contribution in [3.63, 3.8) is 0 Å². The van der Waals surface area contributed by atoms with Crippen LogP contribution in [0.4, 0.5) is 0 Å². The summed E-state index contributed by atoms with van der Waals surface area (Å²) < 4.78 is 0. The van der Waals surface area contributed by atoms with Crippen LogP contribution in [0.1, 0.15) is 45.6 Å². The minimum Gasteiger partial charge on any atom is -0.314 e. The van der Waals surface area contributed by atoms with Crippen LogP contribution in [0.3, 0.4) is 0 Å². The molecule has 2 heteroatoms. The first-order chi connectivity index (χ1) is 8.65. The fourth-order valence-electron chi connectivity index (χ4n) is 2.57. The first-order valence-corrected chi connectivity index (χ1v) is 7.51. The topological polar surface area (TPSA) is 12.0 Å². The molecule has 1 aromatic rings. The molecule has 0 spiro atoms. The quantitative estimate of drug-likeness (QED) is 0.721. The molecule has 0 saturated heterocycles. The highest BCUT2D eigenvalue weighted by atomic mass is 35.5. The Morgan fingerprint density at radius 2 is 2.06 bits per heavy atom. The number of hydrogen-bond acceptors (Lipinski definition) is 1. The molecular formula is C16H26ClN. The second-order valence-corrected chi connectivity index (χ2v) is 5.65. The van der Waals surface area contributed by atoms with E-state index in [1.807, 2.05) is 12.1 Å². The average molecular weight is 268 g/mol. The van der Waals surface area contributed by atoms with Gasteiger partial charge < -0.3 is 5.32 Å². The third-order valence-corrected chi connectivity index (χ3v) is 3.57. The molecule has 0 aromatic heterocycles. The van der Waals surface area contributed by atoms with E-state index in [0.717, 1.165) is 23.9 Å². The minimum absolute atomic E-state index is 0.565. The minimum atomic E-state index is 0.565. The third kappa shape index (κ3) is 5.88. The summed E-state index contributed by atoms with van der Waals surface area (Å²) in [6.45, 7) is 7.82. The molecule has 0 amide bonds. The van der Waals surface area contributed by atoms with E-state index in [1.165, 1.54) is 24.8 Å². The summed E-state index contributed by atoms with van der Waals surface area (Å²) in [5.41, 5.74) is 1.33. The lowest BCUT2D eigenvalue weighted by Crippen LogP contribution is -2.32. The predicted octanol–water partition coefficient (Wildman–Crippen LogP) is 4.69. The van der Waals surface area contributed by atoms with Crippen LogP contribution in [0.25, 0.3) is 0 Å². The maximum Gasteiger partial charge on any atom is 0.0408 e. The van der Waals surface area contributed by atoms with E-state index in [4.69, 9.17) is 11.6 Å². The Kier molecular flexibility index (Phi) is 7.38. The molecule has 0 saturated carbocycles. The van der Waals surface area contributed by atoms with Gasteiger partial charge in [0.2, 0.25) is 0 Å². The molecule has 18 heavy (non-hydrogen) atoms. The van der Waals surface area contributed by atoms with Gasteiger partial charge in [-0.05, 0) is 43.0 Å². The van der Waals surface area contributed by atoms with Gasteiger partial charge in [0.25, 0.3) is 0 Å². The van der Waals surface area contributed by atoms with Gasteiger partial charge in [-0.25, -0.2) is 0 Å². The Hall–Kier alpha value is -0.530. The van der Waals surface area contributed by atoms with Gasteiger partial charge in [-0.3, -0.25) is 0 Å². The van der Waals surface area contributed by atoms with Gasteiger partial charge in [-0.2, -0.15) is 0 Å². The first-order valence-electron chi connectivity index (χ1n) is 7.13. The molecule has 2 atom stereocenters. The maximum absolute atomic E-state index is 6.04. The monoisotopic (exact) mass is 267 g/mol. The van der Waals surface area contributed by atoms with E-state index in [9.17, 15) is 0 Å². The van der Waals surface area contributed by atoms with Gasteiger partial charge in [0.05, 0.1) is 0 Å². The van der Waals surface area contributed by atoms with Crippen molar-refractivity contribution in [1.29, 1.82) is 0 Å². The van der Waals surface area contributed by atoms with Crippen molar-refractivity contribution in [3.8, 4) is 0 Å². The van der Waals surface area contributed by atoms with Crippen molar-refractivity contribution < 1.29 is 0 Å². The molecular weight excluding hydrogens is 242 g/mol. The molecule has 102 valence electrons. The van der Waals surface area contributed by atoms with Crippen LogP contribution >= 0.6 is 11.6 Å².